The van der Waals surface area contributed by atoms with Gasteiger partial charge < -0.3 is 49.6 Å². The summed E-state index contributed by atoms with van der Waals surface area (Å²) in [5.74, 6) is -0.432. The van der Waals surface area contributed by atoms with Crippen molar-refractivity contribution >= 4 is 63.1 Å². The fourth-order valence-corrected chi connectivity index (χ4v) is 13.8. The number of alkyl halides is 1. The first kappa shape index (κ1) is 53.2. The number of H-pyrrole nitrogens is 1. The molecule has 3 aromatic carbocycles. The second-order valence-corrected chi connectivity index (χ2v) is 23.6. The van der Waals surface area contributed by atoms with E-state index in [1.807, 2.05) is 76.2 Å². The molecule has 9 heterocycles. The van der Waals surface area contributed by atoms with Gasteiger partial charge in [-0.25, -0.2) is 14.1 Å². The van der Waals surface area contributed by atoms with E-state index in [4.69, 9.17) is 40.5 Å². The molecule has 81 heavy (non-hydrogen) atoms. The topological polar surface area (TPSA) is 240 Å². The molecule has 5 aliphatic heterocycles. The van der Waals surface area contributed by atoms with Crippen molar-refractivity contribution < 1.29 is 43.1 Å². The van der Waals surface area contributed by atoms with Crippen LogP contribution in [0.4, 0.5) is 10.2 Å². The highest BCUT2D eigenvalue weighted by atomic mass is 35.5. The van der Waals surface area contributed by atoms with E-state index in [1.54, 1.807) is 17.9 Å². The van der Waals surface area contributed by atoms with Gasteiger partial charge in [-0.3, -0.25) is 14.7 Å². The number of ether oxygens (including phenoxy) is 4. The van der Waals surface area contributed by atoms with Crippen LogP contribution in [0.5, 0.6) is 17.5 Å². The van der Waals surface area contributed by atoms with Crippen molar-refractivity contribution in [2.45, 2.75) is 115 Å². The number of likely N-dealkylation sites (tertiary alicyclic amines) is 1. The number of fused-ring (bicyclic) bond motifs is 7. The van der Waals surface area contributed by atoms with Crippen LogP contribution in [0.15, 0.2) is 66.4 Å². The second-order valence-electron chi connectivity index (χ2n) is 22.3. The molecule has 0 spiro atoms. The van der Waals surface area contributed by atoms with E-state index in [-0.39, 0.29) is 67.4 Å². The van der Waals surface area contributed by atoms with Crippen molar-refractivity contribution in [3.63, 3.8) is 0 Å². The lowest BCUT2D eigenvalue weighted by Crippen LogP contribution is -2.53. The molecule has 4 aromatic heterocycles. The van der Waals surface area contributed by atoms with Crippen LogP contribution in [0.1, 0.15) is 80.9 Å². The van der Waals surface area contributed by atoms with Gasteiger partial charge in [0.2, 0.25) is 11.8 Å². The third-order valence-electron chi connectivity index (χ3n) is 16.9. The lowest BCUT2D eigenvalue weighted by atomic mass is 9.85. The number of hydrogen-bond donors (Lipinski definition) is 5. The van der Waals surface area contributed by atoms with E-state index in [2.05, 4.69) is 41.0 Å². The zero-order valence-electron chi connectivity index (χ0n) is 45.1. The van der Waals surface area contributed by atoms with Crippen molar-refractivity contribution in [3.8, 4) is 39.2 Å². The number of β-amino-alcohol motifs (C(OH)–C–C–N with tert-alkyl or cyclic N) is 1. The molecule has 4 fully saturated rings. The summed E-state index contributed by atoms with van der Waals surface area (Å²) in [7, 11) is 0. The molecule has 13 rings (SSSR count). The van der Waals surface area contributed by atoms with Crippen LogP contribution >= 0.6 is 22.9 Å². The van der Waals surface area contributed by atoms with Crippen molar-refractivity contribution in [2.24, 2.45) is 11.8 Å². The van der Waals surface area contributed by atoms with E-state index >= 15 is 4.39 Å². The number of aliphatic hydroxyl groups is 2. The molecule has 422 valence electrons. The van der Waals surface area contributed by atoms with E-state index < -0.39 is 48.1 Å². The lowest BCUT2D eigenvalue weighted by molar-refractivity contribution is -0.142. The number of amides is 2. The fraction of sp³-hybridized carbons (Fsp3) is 0.448. The number of aromatic nitrogens is 8. The van der Waals surface area contributed by atoms with Gasteiger partial charge in [0.1, 0.15) is 54.6 Å². The van der Waals surface area contributed by atoms with E-state index in [9.17, 15) is 19.8 Å². The Bertz CT molecular complexity index is 3670. The van der Waals surface area contributed by atoms with E-state index in [1.165, 1.54) is 27.0 Å². The van der Waals surface area contributed by atoms with Crippen LogP contribution in [0.3, 0.4) is 0 Å². The highest BCUT2D eigenvalue weighted by Crippen LogP contribution is 2.53. The lowest BCUT2D eigenvalue weighted by Gasteiger charge is -2.35. The predicted octanol–water partition coefficient (Wildman–Crippen LogP) is 5.12. The number of benzene rings is 3. The molecule has 2 unspecified atom stereocenters. The summed E-state index contributed by atoms with van der Waals surface area (Å²) in [6.07, 6.45) is 4.78. The highest BCUT2D eigenvalue weighted by Gasteiger charge is 2.50. The molecule has 0 radical (unpaired) electrons. The molecule has 20 nitrogen and oxygen atoms in total. The average molecular weight is 1140 g/mol. The van der Waals surface area contributed by atoms with Gasteiger partial charge >= 0.3 is 6.01 Å². The minimum absolute atomic E-state index is 0.0341. The molecular weight excluding hydrogens is 1080 g/mol. The number of carbonyl (C=O) groups is 2. The Morgan fingerprint density at radius 3 is 2.60 bits per heavy atom. The summed E-state index contributed by atoms with van der Waals surface area (Å²) in [4.78, 5) is 48.1. The van der Waals surface area contributed by atoms with Gasteiger partial charge in [-0.05, 0) is 47.6 Å². The molecule has 1 aliphatic carbocycles. The normalized spacial score (nSPS) is 23.9. The molecule has 6 aliphatic rings. The van der Waals surface area contributed by atoms with Crippen molar-refractivity contribution in [2.75, 3.05) is 44.4 Å². The van der Waals surface area contributed by atoms with Crippen LogP contribution < -0.4 is 40.3 Å². The van der Waals surface area contributed by atoms with E-state index in [0.29, 0.717) is 99.4 Å². The maximum atomic E-state index is 16.2. The Kier molecular flexibility index (Phi) is 14.2. The van der Waals surface area contributed by atoms with Gasteiger partial charge in [-0.2, -0.15) is 15.1 Å². The SMILES string of the molecule is Cc1ncsc1-c1ccc([C@H](CO)NC(=O)[C@@H]2C[C@@H](O)CN2C(=O)[C@H](C(C)C)n2cc(-c3ccc(COc4c(C5=c6cn[nH]c6=CC(F)C5C)c(Cl)c5c6c(nc(OC7CCOCC7)nc46)N4[C@@H]6CN[C@@H](C6)[C@H]4CO5)cc3)nn2)cc1. The molecule has 2 bridgehead atoms. The number of halogens is 2. The molecule has 4 saturated heterocycles. The van der Waals surface area contributed by atoms with Gasteiger partial charge in [-0.1, -0.05) is 86.1 Å². The first-order valence-corrected chi connectivity index (χ1v) is 29.0. The largest absolute Gasteiger partial charge is 0.489 e. The Morgan fingerprint density at radius 2 is 1.85 bits per heavy atom. The first-order chi connectivity index (χ1) is 39.3. The van der Waals surface area contributed by atoms with Gasteiger partial charge in [-0.15, -0.1) is 16.4 Å². The minimum Gasteiger partial charge on any atom is -0.489 e. The second kappa shape index (κ2) is 21.7. The highest BCUT2D eigenvalue weighted by molar-refractivity contribution is 7.13. The summed E-state index contributed by atoms with van der Waals surface area (Å²) >= 11 is 9.19. The average Bonchev–Trinajstić information content (AvgIpc) is 4.56. The summed E-state index contributed by atoms with van der Waals surface area (Å²) in [6.45, 7) is 9.43. The van der Waals surface area contributed by atoms with Crippen LogP contribution in [0.25, 0.3) is 44.3 Å². The summed E-state index contributed by atoms with van der Waals surface area (Å²) in [5.41, 5.74) is 7.86. The molecular formula is C58H62ClFN12O8S. The quantitative estimate of drug-likeness (QED) is 0.0895. The number of rotatable bonds is 15. The standard InChI is InChI=1S/C58H62ClFN12O8S/c1-28(2)51(57(76)70-22-36(74)18-44(70)56(75)64-43(24-73)33-9-11-34(12-10-33)54-30(4)62-27-81-54)71-23-42(68-69-71)32-7-5-31(6-8-32)25-78-53-47(46-29(3)39(60)19-40-38(46)21-63-67-40)49(59)52-48-50(53)65-58(80-37-13-15-77-16-14-37)66-55(48)72-35-17-41(61-20-35)45(72)26-79-52/h5-12,19,21,23,27-29,35-37,39,41,43-45,51,61,67,73-74H,13-18,20,22,24-26H2,1-4H3,(H,64,75)/t29?,35-,36+,39?,41-,43-,44-,45+,51-/m0/s1. The van der Waals surface area contributed by atoms with Crippen LogP contribution in [-0.4, -0.2) is 149 Å². The predicted molar refractivity (Wildman–Crippen MR) is 300 cm³/mol. The van der Waals surface area contributed by atoms with Gasteiger partial charge in [0, 0.05) is 66.7 Å². The first-order valence-electron chi connectivity index (χ1n) is 27.7. The molecule has 2 amide bonds. The Hall–Kier alpha value is -7.08. The van der Waals surface area contributed by atoms with E-state index in [0.717, 1.165) is 34.7 Å². The molecule has 9 atom stereocenters. The van der Waals surface area contributed by atoms with Gasteiger partial charge in [0.05, 0.1) is 82.2 Å². The summed E-state index contributed by atoms with van der Waals surface area (Å²) < 4.78 is 43.8. The minimum atomic E-state index is -1.37. The maximum Gasteiger partial charge on any atom is 0.319 e. The summed E-state index contributed by atoms with van der Waals surface area (Å²) in [6, 6.07) is 13.1. The molecule has 23 heteroatoms. The van der Waals surface area contributed by atoms with Crippen molar-refractivity contribution in [1.82, 2.24) is 55.7 Å². The Morgan fingerprint density at radius 1 is 1.06 bits per heavy atom. The molecule has 0 saturated carbocycles. The monoisotopic (exact) mass is 1140 g/mol. The number of aromatic amines is 1. The Labute approximate surface area is 474 Å². The van der Waals surface area contributed by atoms with Crippen LogP contribution in [0.2, 0.25) is 5.02 Å². The zero-order chi connectivity index (χ0) is 55.8. The van der Waals surface area contributed by atoms with Crippen LogP contribution in [0, 0.1) is 18.8 Å². The Balaban J connectivity index is 0.785. The number of nitrogens with zero attached hydrogens (tertiary/aromatic N) is 9. The number of aliphatic hydroxyl groups excluding tert-OH is 2. The van der Waals surface area contributed by atoms with Crippen molar-refractivity contribution in [1.29, 1.82) is 0 Å². The number of nitrogens with one attached hydrogen (secondary N) is 3. The third-order valence-corrected chi connectivity index (χ3v) is 18.2. The number of anilines is 1. The maximum absolute atomic E-state index is 16.2. The third kappa shape index (κ3) is 9.65. The number of piperazine rings is 1. The number of aryl methyl sites for hydroxylation is 1. The smallest absolute Gasteiger partial charge is 0.319 e. The summed E-state index contributed by atoms with van der Waals surface area (Å²) in [5, 5.41) is 46.2. The fourth-order valence-electron chi connectivity index (χ4n) is 12.7. The van der Waals surface area contributed by atoms with Gasteiger partial charge in [0.25, 0.3) is 0 Å². The zero-order valence-corrected chi connectivity index (χ0v) is 46.7. The number of thiazole rings is 1. The number of carbonyl (C=O) groups excluding carboxylic acids is 2. The van der Waals surface area contributed by atoms with Crippen molar-refractivity contribution in [3.05, 3.63) is 104 Å². The number of hydrogen-bond acceptors (Lipinski definition) is 17. The van der Waals surface area contributed by atoms with Crippen LogP contribution in [-0.2, 0) is 20.9 Å². The van der Waals surface area contributed by atoms with Gasteiger partial charge in [0.15, 0.2) is 11.5 Å². The molecule has 5 N–H and O–H groups in total. The molecule has 7 aromatic rings.